The summed E-state index contributed by atoms with van der Waals surface area (Å²) < 4.78 is 42.2. The topological polar surface area (TPSA) is 109 Å². The summed E-state index contributed by atoms with van der Waals surface area (Å²) in [6, 6.07) is 13.2. The molecule has 10 heteroatoms. The van der Waals surface area contributed by atoms with Crippen LogP contribution in [0.4, 0.5) is 27.5 Å². The molecule has 0 fully saturated rings. The summed E-state index contributed by atoms with van der Waals surface area (Å²) in [7, 11) is -3.63. The van der Waals surface area contributed by atoms with Crippen molar-refractivity contribution in [3.8, 4) is 5.75 Å². The number of halogens is 1. The lowest BCUT2D eigenvalue weighted by Gasteiger charge is -2.10. The van der Waals surface area contributed by atoms with Crippen LogP contribution in [0.3, 0.4) is 0 Å². The first-order chi connectivity index (χ1) is 14.3. The predicted molar refractivity (Wildman–Crippen MR) is 114 cm³/mol. The molecule has 3 N–H and O–H groups in total. The molecule has 0 atom stereocenters. The molecule has 2 heterocycles. The molecule has 0 amide bonds. The Hall–Kier alpha value is -3.66. The van der Waals surface area contributed by atoms with E-state index in [1.54, 1.807) is 36.4 Å². The van der Waals surface area contributed by atoms with Crippen LogP contribution in [0.2, 0.25) is 0 Å². The first-order valence-corrected chi connectivity index (χ1v) is 10.7. The number of rotatable bonds is 6. The number of aryl methyl sites for hydroxylation is 1. The molecule has 4 aromatic rings. The molecule has 0 unspecified atom stereocenters. The van der Waals surface area contributed by atoms with Gasteiger partial charge in [0.1, 0.15) is 11.6 Å². The van der Waals surface area contributed by atoms with Gasteiger partial charge >= 0.3 is 10.1 Å². The van der Waals surface area contributed by atoms with Crippen LogP contribution in [0.5, 0.6) is 5.75 Å². The van der Waals surface area contributed by atoms with Crippen LogP contribution < -0.4 is 14.8 Å². The van der Waals surface area contributed by atoms with E-state index >= 15 is 0 Å². The van der Waals surface area contributed by atoms with Gasteiger partial charge in [-0.25, -0.2) is 9.37 Å². The van der Waals surface area contributed by atoms with E-state index in [4.69, 9.17) is 4.18 Å². The number of nitrogens with one attached hydrogen (secondary N) is 3. The maximum atomic E-state index is 14.8. The van der Waals surface area contributed by atoms with E-state index < -0.39 is 10.1 Å². The molecule has 0 saturated heterocycles. The average Bonchev–Trinajstić information content (AvgIpc) is 3.05. The van der Waals surface area contributed by atoms with E-state index in [1.807, 2.05) is 6.92 Å². The number of aromatic amines is 1. The normalized spacial score (nSPS) is 11.4. The molecule has 8 nitrogen and oxygen atoms in total. The molecular weight excluding hydrogens is 409 g/mol. The molecule has 0 aliphatic carbocycles. The van der Waals surface area contributed by atoms with Crippen molar-refractivity contribution >= 4 is 44.2 Å². The van der Waals surface area contributed by atoms with Crippen molar-refractivity contribution in [2.75, 3.05) is 16.9 Å². The van der Waals surface area contributed by atoms with E-state index in [1.165, 1.54) is 18.3 Å². The van der Waals surface area contributed by atoms with Crippen LogP contribution in [-0.4, -0.2) is 29.6 Å². The van der Waals surface area contributed by atoms with Gasteiger partial charge in [-0.2, -0.15) is 13.4 Å². The highest BCUT2D eigenvalue weighted by atomic mass is 32.2. The lowest BCUT2D eigenvalue weighted by molar-refractivity contribution is 0.493. The van der Waals surface area contributed by atoms with E-state index in [0.717, 1.165) is 17.5 Å². The lowest BCUT2D eigenvalue weighted by atomic mass is 10.2. The molecule has 30 heavy (non-hydrogen) atoms. The molecule has 2 aromatic heterocycles. The molecule has 4 rings (SSSR count). The molecule has 0 saturated carbocycles. The van der Waals surface area contributed by atoms with Crippen LogP contribution in [-0.2, 0) is 10.1 Å². The zero-order valence-corrected chi connectivity index (χ0v) is 16.9. The fourth-order valence-electron chi connectivity index (χ4n) is 2.96. The van der Waals surface area contributed by atoms with E-state index in [0.29, 0.717) is 16.9 Å². The van der Waals surface area contributed by atoms with Gasteiger partial charge in [0.25, 0.3) is 0 Å². The Labute approximate surface area is 172 Å². The number of nitrogens with zero attached hydrogens (tertiary/aromatic N) is 2. The van der Waals surface area contributed by atoms with Gasteiger partial charge in [-0.15, -0.1) is 0 Å². The Kier molecular flexibility index (Phi) is 5.00. The van der Waals surface area contributed by atoms with Crippen LogP contribution >= 0.6 is 0 Å². The highest BCUT2D eigenvalue weighted by Gasteiger charge is 2.11. The van der Waals surface area contributed by atoms with E-state index in [-0.39, 0.29) is 23.2 Å². The maximum Gasteiger partial charge on any atom is 0.306 e. The van der Waals surface area contributed by atoms with Gasteiger partial charge in [0, 0.05) is 34.5 Å². The number of aromatic nitrogens is 3. The largest absolute Gasteiger partial charge is 0.383 e. The van der Waals surface area contributed by atoms with Crippen LogP contribution in [0, 0.1) is 12.7 Å². The Bertz CT molecular complexity index is 1340. The van der Waals surface area contributed by atoms with E-state index in [9.17, 15) is 12.8 Å². The molecule has 0 bridgehead atoms. The van der Waals surface area contributed by atoms with Crippen LogP contribution in [0.25, 0.3) is 10.9 Å². The number of H-pyrrole nitrogens is 1. The second-order valence-corrected chi connectivity index (χ2v) is 8.25. The third kappa shape index (κ3) is 4.49. The number of anilines is 4. The molecular formula is C20H18FN5O3S. The lowest BCUT2D eigenvalue weighted by Crippen LogP contribution is -2.06. The van der Waals surface area contributed by atoms with Gasteiger partial charge in [0.15, 0.2) is 5.82 Å². The molecule has 0 spiro atoms. The van der Waals surface area contributed by atoms with Crippen molar-refractivity contribution < 1.29 is 17.0 Å². The van der Waals surface area contributed by atoms with Crippen molar-refractivity contribution in [3.63, 3.8) is 0 Å². The summed E-state index contributed by atoms with van der Waals surface area (Å²) in [5.74, 6) is 0.418. The molecule has 0 radical (unpaired) electrons. The first kappa shape index (κ1) is 19.6. The van der Waals surface area contributed by atoms with Crippen molar-refractivity contribution in [1.82, 2.24) is 15.0 Å². The minimum atomic E-state index is -3.63. The van der Waals surface area contributed by atoms with Crippen molar-refractivity contribution in [2.24, 2.45) is 0 Å². The molecule has 154 valence electrons. The minimum Gasteiger partial charge on any atom is -0.383 e. The van der Waals surface area contributed by atoms with Gasteiger partial charge in [0.2, 0.25) is 5.95 Å². The number of fused-ring (bicyclic) bond motifs is 1. The monoisotopic (exact) mass is 427 g/mol. The Balaban J connectivity index is 1.55. The summed E-state index contributed by atoms with van der Waals surface area (Å²) in [6.45, 7) is 1.87. The third-order valence-electron chi connectivity index (χ3n) is 4.13. The van der Waals surface area contributed by atoms with Crippen molar-refractivity contribution in [2.45, 2.75) is 6.92 Å². The number of hydrogen-bond acceptors (Lipinski definition) is 7. The van der Waals surface area contributed by atoms with Crippen LogP contribution in [0.1, 0.15) is 5.69 Å². The summed E-state index contributed by atoms with van der Waals surface area (Å²) in [4.78, 5) is 11.6. The zero-order valence-electron chi connectivity index (χ0n) is 16.1. The second kappa shape index (κ2) is 7.64. The van der Waals surface area contributed by atoms with Gasteiger partial charge in [-0.3, -0.25) is 0 Å². The first-order valence-electron chi connectivity index (χ1n) is 8.91. The second-order valence-electron chi connectivity index (χ2n) is 6.67. The predicted octanol–water partition coefficient (Wildman–Crippen LogP) is 4.23. The van der Waals surface area contributed by atoms with Gasteiger partial charge < -0.3 is 19.8 Å². The average molecular weight is 427 g/mol. The fourth-order valence-corrected chi connectivity index (χ4v) is 3.41. The Morgan fingerprint density at radius 2 is 1.93 bits per heavy atom. The zero-order chi connectivity index (χ0) is 21.3. The fraction of sp³-hybridized carbons (Fsp3) is 0.100. The molecule has 2 aromatic carbocycles. The summed E-state index contributed by atoms with van der Waals surface area (Å²) in [5.41, 5.74) is 2.41. The minimum absolute atomic E-state index is 0.161. The van der Waals surface area contributed by atoms with Crippen molar-refractivity contribution in [3.05, 3.63) is 66.2 Å². The standard InChI is InChI=1S/C20H18FN5O3S/c1-12-10-15-16(23-12)6-7-17(19(15)21)25-18-8-9-22-20(26-18)24-13-4-3-5-14(11-13)29-30(2,27)28/h3-11,23H,1-2H3,(H2,22,24,25,26). The highest BCUT2D eigenvalue weighted by molar-refractivity contribution is 7.86. The van der Waals surface area contributed by atoms with Gasteiger partial charge in [-0.1, -0.05) is 6.07 Å². The van der Waals surface area contributed by atoms with Crippen molar-refractivity contribution in [1.29, 1.82) is 0 Å². The quantitative estimate of drug-likeness (QED) is 0.395. The summed E-state index contributed by atoms with van der Waals surface area (Å²) in [5, 5.41) is 6.42. The number of benzene rings is 2. The maximum absolute atomic E-state index is 14.8. The Morgan fingerprint density at radius 1 is 1.10 bits per heavy atom. The number of hydrogen-bond donors (Lipinski definition) is 3. The van der Waals surface area contributed by atoms with Gasteiger partial charge in [-0.05, 0) is 43.3 Å². The SMILES string of the molecule is Cc1cc2c(F)c(Nc3ccnc(Nc4cccc(OS(C)(=O)=O)c4)n3)ccc2[nH]1. The molecule has 0 aliphatic heterocycles. The summed E-state index contributed by atoms with van der Waals surface area (Å²) >= 11 is 0. The Morgan fingerprint density at radius 3 is 2.73 bits per heavy atom. The summed E-state index contributed by atoms with van der Waals surface area (Å²) in [6.07, 6.45) is 2.49. The molecule has 0 aliphatic rings. The third-order valence-corrected chi connectivity index (χ3v) is 4.62. The van der Waals surface area contributed by atoms with Gasteiger partial charge in [0.05, 0.1) is 11.9 Å². The highest BCUT2D eigenvalue weighted by Crippen LogP contribution is 2.27. The smallest absolute Gasteiger partial charge is 0.306 e. The van der Waals surface area contributed by atoms with E-state index in [2.05, 4.69) is 25.6 Å². The van der Waals surface area contributed by atoms with Crippen LogP contribution in [0.15, 0.2) is 54.7 Å².